The van der Waals surface area contributed by atoms with E-state index in [0.29, 0.717) is 5.58 Å². The first-order valence-corrected chi connectivity index (χ1v) is 7.58. The molecule has 1 saturated carbocycles. The van der Waals surface area contributed by atoms with Gasteiger partial charge in [-0.05, 0) is 55.0 Å². The van der Waals surface area contributed by atoms with Crippen molar-refractivity contribution in [2.24, 2.45) is 11.8 Å². The third-order valence-electron chi connectivity index (χ3n) is 4.36. The van der Waals surface area contributed by atoms with Gasteiger partial charge in [0.15, 0.2) is 0 Å². The van der Waals surface area contributed by atoms with Crippen LogP contribution in [0.15, 0.2) is 28.7 Å². The Balaban J connectivity index is 1.60. The zero-order chi connectivity index (χ0) is 14.8. The number of nitrogens with one attached hydrogen (secondary N) is 1. The van der Waals surface area contributed by atoms with Gasteiger partial charge in [-0.25, -0.2) is 4.79 Å². The molecule has 0 bridgehead atoms. The molecule has 1 aliphatic rings. The lowest BCUT2D eigenvalue weighted by atomic mass is 10.1. The van der Waals surface area contributed by atoms with Crippen molar-refractivity contribution in [3.63, 3.8) is 0 Å². The third kappa shape index (κ3) is 3.27. The van der Waals surface area contributed by atoms with Crippen LogP contribution in [0, 0.1) is 11.8 Å². The van der Waals surface area contributed by atoms with Crippen molar-refractivity contribution in [3.05, 3.63) is 35.6 Å². The molecule has 3 rings (SSSR count). The molecule has 1 fully saturated rings. The largest absolute Gasteiger partial charge is 0.475 e. The van der Waals surface area contributed by atoms with Crippen LogP contribution >= 0.6 is 0 Å². The highest BCUT2D eigenvalue weighted by Crippen LogP contribution is 2.29. The molecule has 0 radical (unpaired) electrons. The minimum absolute atomic E-state index is 0.00458. The zero-order valence-corrected chi connectivity index (χ0v) is 12.3. The quantitative estimate of drug-likeness (QED) is 0.881. The summed E-state index contributed by atoms with van der Waals surface area (Å²) in [5.41, 5.74) is 1.78. The van der Waals surface area contributed by atoms with Crippen LogP contribution in [-0.4, -0.2) is 17.6 Å². The fraction of sp³-hybridized carbons (Fsp3) is 0.471. The third-order valence-corrected chi connectivity index (χ3v) is 4.36. The summed E-state index contributed by atoms with van der Waals surface area (Å²) in [6.07, 6.45) is 4.01. The second-order valence-electron chi connectivity index (χ2n) is 6.20. The first kappa shape index (κ1) is 14.1. The molecule has 4 heteroatoms. The smallest absolute Gasteiger partial charge is 0.371 e. The highest BCUT2D eigenvalue weighted by molar-refractivity contribution is 5.91. The van der Waals surface area contributed by atoms with Gasteiger partial charge in [-0.15, -0.1) is 0 Å². The minimum atomic E-state index is -1.03. The molecule has 0 spiro atoms. The number of hydrogen-bond acceptors (Lipinski definition) is 3. The maximum absolute atomic E-state index is 10.9. The molecular weight excluding hydrogens is 266 g/mol. The summed E-state index contributed by atoms with van der Waals surface area (Å²) in [6, 6.07) is 7.41. The molecule has 0 amide bonds. The Morgan fingerprint density at radius 2 is 2.24 bits per heavy atom. The lowest BCUT2D eigenvalue weighted by Crippen LogP contribution is -2.20. The number of benzene rings is 1. The van der Waals surface area contributed by atoms with Gasteiger partial charge in [0.2, 0.25) is 5.76 Å². The van der Waals surface area contributed by atoms with Gasteiger partial charge in [-0.3, -0.25) is 0 Å². The van der Waals surface area contributed by atoms with Crippen LogP contribution in [0.3, 0.4) is 0 Å². The summed E-state index contributed by atoms with van der Waals surface area (Å²) in [6.45, 7) is 4.20. The van der Waals surface area contributed by atoms with Crippen LogP contribution in [-0.2, 0) is 6.54 Å². The van der Waals surface area contributed by atoms with E-state index in [1.165, 1.54) is 19.3 Å². The van der Waals surface area contributed by atoms with Crippen LogP contribution in [0.2, 0.25) is 0 Å². The van der Waals surface area contributed by atoms with Crippen LogP contribution < -0.4 is 5.32 Å². The van der Waals surface area contributed by atoms with Gasteiger partial charge >= 0.3 is 5.97 Å². The van der Waals surface area contributed by atoms with Gasteiger partial charge in [0.1, 0.15) is 5.58 Å². The Labute approximate surface area is 124 Å². The molecule has 21 heavy (non-hydrogen) atoms. The normalized spacial score (nSPS) is 22.0. The zero-order valence-electron chi connectivity index (χ0n) is 12.3. The maximum Gasteiger partial charge on any atom is 0.371 e. The van der Waals surface area contributed by atoms with E-state index in [2.05, 4.69) is 12.2 Å². The molecule has 1 aliphatic carbocycles. The van der Waals surface area contributed by atoms with E-state index in [1.807, 2.05) is 18.2 Å². The van der Waals surface area contributed by atoms with E-state index >= 15 is 0 Å². The van der Waals surface area contributed by atoms with Gasteiger partial charge in [0.05, 0.1) is 0 Å². The van der Waals surface area contributed by atoms with E-state index in [4.69, 9.17) is 9.52 Å². The number of fused-ring (bicyclic) bond motifs is 1. The average Bonchev–Trinajstić information content (AvgIpc) is 3.04. The predicted molar refractivity (Wildman–Crippen MR) is 81.4 cm³/mol. The molecule has 2 atom stereocenters. The molecule has 0 aliphatic heterocycles. The highest BCUT2D eigenvalue weighted by atomic mass is 16.4. The van der Waals surface area contributed by atoms with Crippen molar-refractivity contribution < 1.29 is 14.3 Å². The first-order valence-electron chi connectivity index (χ1n) is 7.58. The lowest BCUT2D eigenvalue weighted by Gasteiger charge is -2.11. The Kier molecular flexibility index (Phi) is 3.97. The summed E-state index contributed by atoms with van der Waals surface area (Å²) in [4.78, 5) is 10.9. The standard InChI is InChI=1S/C17H21NO3/c1-11-2-3-12(6-11)9-18-10-13-4-5-15-14(7-13)8-16(21-15)17(19)20/h4-5,7-8,11-12,18H,2-3,6,9-10H2,1H3,(H,19,20). The predicted octanol–water partition coefficient (Wildman–Crippen LogP) is 3.66. The molecule has 112 valence electrons. The Hall–Kier alpha value is -1.81. The molecule has 0 saturated heterocycles. The van der Waals surface area contributed by atoms with Crippen LogP contribution in [0.4, 0.5) is 0 Å². The van der Waals surface area contributed by atoms with Crippen molar-refractivity contribution in [2.75, 3.05) is 6.54 Å². The van der Waals surface area contributed by atoms with Gasteiger partial charge in [0.25, 0.3) is 0 Å². The van der Waals surface area contributed by atoms with E-state index in [0.717, 1.165) is 35.9 Å². The molecule has 2 aromatic rings. The Morgan fingerprint density at radius 1 is 1.38 bits per heavy atom. The molecule has 4 nitrogen and oxygen atoms in total. The SMILES string of the molecule is CC1CCC(CNCc2ccc3oc(C(=O)O)cc3c2)C1. The van der Waals surface area contributed by atoms with Crippen molar-refractivity contribution in [1.82, 2.24) is 5.32 Å². The van der Waals surface area contributed by atoms with E-state index in [-0.39, 0.29) is 5.76 Å². The van der Waals surface area contributed by atoms with Gasteiger partial charge < -0.3 is 14.8 Å². The van der Waals surface area contributed by atoms with E-state index < -0.39 is 5.97 Å². The number of aromatic carboxylic acids is 1. The minimum Gasteiger partial charge on any atom is -0.475 e. The second-order valence-corrected chi connectivity index (χ2v) is 6.20. The van der Waals surface area contributed by atoms with Crippen molar-refractivity contribution >= 4 is 16.9 Å². The van der Waals surface area contributed by atoms with Crippen molar-refractivity contribution in [2.45, 2.75) is 32.7 Å². The number of carboxylic acids is 1. The van der Waals surface area contributed by atoms with Gasteiger partial charge in [0, 0.05) is 11.9 Å². The van der Waals surface area contributed by atoms with Crippen LogP contribution in [0.5, 0.6) is 0 Å². The molecule has 1 heterocycles. The second kappa shape index (κ2) is 5.90. The van der Waals surface area contributed by atoms with Crippen molar-refractivity contribution in [1.29, 1.82) is 0 Å². The van der Waals surface area contributed by atoms with Gasteiger partial charge in [-0.2, -0.15) is 0 Å². The highest BCUT2D eigenvalue weighted by Gasteiger charge is 2.20. The maximum atomic E-state index is 10.9. The molecule has 1 aromatic heterocycles. The lowest BCUT2D eigenvalue weighted by molar-refractivity contribution is 0.0665. The molecule has 2 N–H and O–H groups in total. The summed E-state index contributed by atoms with van der Waals surface area (Å²) in [5, 5.41) is 13.3. The molecular formula is C17H21NO3. The molecule has 1 aromatic carbocycles. The topological polar surface area (TPSA) is 62.5 Å². The van der Waals surface area contributed by atoms with Crippen LogP contribution in [0.1, 0.15) is 42.3 Å². The summed E-state index contributed by atoms with van der Waals surface area (Å²) in [5.74, 6) is 0.640. The molecule has 2 unspecified atom stereocenters. The summed E-state index contributed by atoms with van der Waals surface area (Å²) in [7, 11) is 0. The monoisotopic (exact) mass is 287 g/mol. The Morgan fingerprint density at radius 3 is 2.95 bits per heavy atom. The number of rotatable bonds is 5. The fourth-order valence-electron chi connectivity index (χ4n) is 3.24. The van der Waals surface area contributed by atoms with E-state index in [9.17, 15) is 4.79 Å². The van der Waals surface area contributed by atoms with Gasteiger partial charge in [-0.1, -0.05) is 19.4 Å². The summed E-state index contributed by atoms with van der Waals surface area (Å²) >= 11 is 0. The van der Waals surface area contributed by atoms with Crippen molar-refractivity contribution in [3.8, 4) is 0 Å². The number of hydrogen-bond donors (Lipinski definition) is 2. The number of carboxylic acid groups (broad SMARTS) is 1. The average molecular weight is 287 g/mol. The van der Waals surface area contributed by atoms with Crippen LogP contribution in [0.25, 0.3) is 11.0 Å². The Bertz CT molecular complexity index is 647. The fourth-order valence-corrected chi connectivity index (χ4v) is 3.24. The number of carbonyl (C=O) groups is 1. The number of furan rings is 1. The summed E-state index contributed by atoms with van der Waals surface area (Å²) < 4.78 is 5.26. The van der Waals surface area contributed by atoms with E-state index in [1.54, 1.807) is 6.07 Å². The first-order chi connectivity index (χ1) is 10.1.